The summed E-state index contributed by atoms with van der Waals surface area (Å²) >= 11 is 0. The van der Waals surface area contributed by atoms with E-state index >= 15 is 0 Å². The molecule has 0 atom stereocenters. The number of anilines is 1. The highest BCUT2D eigenvalue weighted by molar-refractivity contribution is 5.74. The van der Waals surface area contributed by atoms with Gasteiger partial charge in [-0.3, -0.25) is 14.3 Å². The van der Waals surface area contributed by atoms with Gasteiger partial charge in [0.1, 0.15) is 0 Å². The van der Waals surface area contributed by atoms with Gasteiger partial charge < -0.3 is 9.47 Å². The average molecular weight is 251 g/mol. The number of nitrogens with zero attached hydrogens (tertiary/aromatic N) is 4. The minimum atomic E-state index is -0.453. The normalized spacial score (nSPS) is 11.4. The molecule has 0 amide bonds. The monoisotopic (exact) mass is 251 g/mol. The molecule has 2 aromatic heterocycles. The third-order valence-corrected chi connectivity index (χ3v) is 2.85. The molecule has 0 bridgehead atoms. The van der Waals surface area contributed by atoms with E-state index in [-0.39, 0.29) is 6.04 Å². The molecule has 0 unspecified atom stereocenters. The first-order valence-electron chi connectivity index (χ1n) is 5.73. The number of hydrogen-bond acceptors (Lipinski definition) is 4. The van der Waals surface area contributed by atoms with E-state index in [0.29, 0.717) is 17.1 Å². The van der Waals surface area contributed by atoms with Crippen LogP contribution in [0.3, 0.4) is 0 Å². The second-order valence-corrected chi connectivity index (χ2v) is 4.76. The molecule has 0 spiro atoms. The molecule has 7 heteroatoms. The van der Waals surface area contributed by atoms with Gasteiger partial charge in [-0.1, -0.05) is 0 Å². The Morgan fingerprint density at radius 3 is 2.39 bits per heavy atom. The van der Waals surface area contributed by atoms with E-state index in [1.54, 1.807) is 7.05 Å². The van der Waals surface area contributed by atoms with Crippen molar-refractivity contribution in [2.24, 2.45) is 7.05 Å². The molecule has 0 aromatic carbocycles. The lowest BCUT2D eigenvalue weighted by molar-refractivity contribution is 0.612. The summed E-state index contributed by atoms with van der Waals surface area (Å²) in [7, 11) is 5.30. The molecular formula is C11H17N5O2. The van der Waals surface area contributed by atoms with E-state index in [9.17, 15) is 9.59 Å². The minimum Gasteiger partial charge on any atom is -0.348 e. The first-order valence-corrected chi connectivity index (χ1v) is 5.73. The van der Waals surface area contributed by atoms with Crippen LogP contribution in [0.5, 0.6) is 0 Å². The predicted octanol–water partition coefficient (Wildman–Crippen LogP) is 0.0702. The molecule has 0 aliphatic rings. The van der Waals surface area contributed by atoms with Crippen molar-refractivity contribution >= 4 is 17.1 Å². The van der Waals surface area contributed by atoms with Crippen molar-refractivity contribution in [3.63, 3.8) is 0 Å². The summed E-state index contributed by atoms with van der Waals surface area (Å²) in [5.41, 5.74) is -0.0226. The van der Waals surface area contributed by atoms with Gasteiger partial charge in [-0.25, -0.2) is 4.79 Å². The molecule has 0 saturated carbocycles. The molecular weight excluding hydrogens is 234 g/mol. The van der Waals surface area contributed by atoms with E-state index in [1.165, 1.54) is 4.57 Å². The molecule has 0 aliphatic carbocycles. The maximum absolute atomic E-state index is 12.0. The average Bonchev–Trinajstić information content (AvgIpc) is 2.66. The Morgan fingerprint density at radius 2 is 1.89 bits per heavy atom. The number of aromatic nitrogens is 4. The van der Waals surface area contributed by atoms with Crippen LogP contribution in [0.25, 0.3) is 11.2 Å². The zero-order valence-electron chi connectivity index (χ0n) is 11.2. The summed E-state index contributed by atoms with van der Waals surface area (Å²) in [6.45, 7) is 3.94. The number of fused-ring (bicyclic) bond motifs is 1. The van der Waals surface area contributed by atoms with Gasteiger partial charge >= 0.3 is 5.69 Å². The Labute approximate surface area is 104 Å². The summed E-state index contributed by atoms with van der Waals surface area (Å²) in [6, 6.07) is 0.0750. The number of nitrogens with one attached hydrogen (secondary N) is 1. The number of rotatable bonds is 2. The standard InChI is InChI=1S/C11H17N5O2/c1-6(2)16-7-8(12-10(16)14(3)4)15(5)11(18)13-9(7)17/h6H,1-5H3,(H,13,17,18). The van der Waals surface area contributed by atoms with Gasteiger partial charge in [0.15, 0.2) is 11.2 Å². The van der Waals surface area contributed by atoms with Gasteiger partial charge in [0, 0.05) is 27.2 Å². The summed E-state index contributed by atoms with van der Waals surface area (Å²) < 4.78 is 3.18. The van der Waals surface area contributed by atoms with E-state index in [0.717, 1.165) is 0 Å². The van der Waals surface area contributed by atoms with Crippen molar-refractivity contribution in [3.05, 3.63) is 20.8 Å². The second-order valence-electron chi connectivity index (χ2n) is 4.76. The van der Waals surface area contributed by atoms with E-state index in [2.05, 4.69) is 9.97 Å². The molecule has 18 heavy (non-hydrogen) atoms. The van der Waals surface area contributed by atoms with Crippen molar-refractivity contribution in [2.45, 2.75) is 19.9 Å². The van der Waals surface area contributed by atoms with Crippen molar-refractivity contribution < 1.29 is 0 Å². The Bertz CT molecular complexity index is 705. The van der Waals surface area contributed by atoms with Crippen molar-refractivity contribution in [1.82, 2.24) is 19.1 Å². The minimum absolute atomic E-state index is 0.0750. The lowest BCUT2D eigenvalue weighted by Gasteiger charge is -2.17. The van der Waals surface area contributed by atoms with Gasteiger partial charge in [0.05, 0.1) is 0 Å². The van der Waals surface area contributed by atoms with Gasteiger partial charge in [-0.2, -0.15) is 4.98 Å². The molecule has 0 saturated heterocycles. The van der Waals surface area contributed by atoms with Crippen molar-refractivity contribution in [3.8, 4) is 0 Å². The largest absolute Gasteiger partial charge is 0.348 e. The fraction of sp³-hybridized carbons (Fsp3) is 0.545. The number of imidazole rings is 1. The zero-order valence-corrected chi connectivity index (χ0v) is 11.2. The second kappa shape index (κ2) is 4.01. The van der Waals surface area contributed by atoms with Crippen LogP contribution in [0.15, 0.2) is 9.59 Å². The Balaban J connectivity index is 3.03. The summed E-state index contributed by atoms with van der Waals surface area (Å²) in [4.78, 5) is 32.0. The van der Waals surface area contributed by atoms with Crippen LogP contribution in [-0.4, -0.2) is 33.2 Å². The first kappa shape index (κ1) is 12.4. The molecule has 2 heterocycles. The highest BCUT2D eigenvalue weighted by Gasteiger charge is 2.19. The molecule has 7 nitrogen and oxygen atoms in total. The highest BCUT2D eigenvalue weighted by Crippen LogP contribution is 2.22. The Morgan fingerprint density at radius 1 is 1.28 bits per heavy atom. The molecule has 1 N–H and O–H groups in total. The summed E-state index contributed by atoms with van der Waals surface area (Å²) in [5.74, 6) is 0.659. The smallest absolute Gasteiger partial charge is 0.329 e. The number of aromatic amines is 1. The van der Waals surface area contributed by atoms with Crippen LogP contribution < -0.4 is 16.1 Å². The van der Waals surface area contributed by atoms with Crippen LogP contribution in [0.2, 0.25) is 0 Å². The zero-order chi connectivity index (χ0) is 13.6. The van der Waals surface area contributed by atoms with Gasteiger partial charge in [0.25, 0.3) is 5.56 Å². The molecule has 0 fully saturated rings. The number of hydrogen-bond donors (Lipinski definition) is 1. The van der Waals surface area contributed by atoms with E-state index in [4.69, 9.17) is 0 Å². The summed E-state index contributed by atoms with van der Waals surface area (Å²) in [6.07, 6.45) is 0. The number of H-pyrrole nitrogens is 1. The third-order valence-electron chi connectivity index (χ3n) is 2.85. The molecule has 2 rings (SSSR count). The number of aryl methyl sites for hydroxylation is 1. The van der Waals surface area contributed by atoms with Crippen LogP contribution in [0.1, 0.15) is 19.9 Å². The Hall–Kier alpha value is -2.05. The third kappa shape index (κ3) is 1.62. The highest BCUT2D eigenvalue weighted by atomic mass is 16.2. The molecule has 0 aliphatic heterocycles. The van der Waals surface area contributed by atoms with Crippen LogP contribution in [-0.2, 0) is 7.05 Å². The van der Waals surface area contributed by atoms with E-state index < -0.39 is 11.2 Å². The maximum atomic E-state index is 12.0. The fourth-order valence-corrected chi connectivity index (χ4v) is 2.00. The van der Waals surface area contributed by atoms with Gasteiger partial charge in [0.2, 0.25) is 5.95 Å². The van der Waals surface area contributed by atoms with Crippen LogP contribution in [0, 0.1) is 0 Å². The maximum Gasteiger partial charge on any atom is 0.329 e. The quantitative estimate of drug-likeness (QED) is 0.819. The lowest BCUT2D eigenvalue weighted by atomic mass is 10.3. The fourth-order valence-electron chi connectivity index (χ4n) is 2.00. The molecule has 2 aromatic rings. The van der Waals surface area contributed by atoms with Crippen LogP contribution >= 0.6 is 0 Å². The lowest BCUT2D eigenvalue weighted by Crippen LogP contribution is -2.29. The topological polar surface area (TPSA) is 75.9 Å². The van der Waals surface area contributed by atoms with Crippen molar-refractivity contribution in [1.29, 1.82) is 0 Å². The van der Waals surface area contributed by atoms with E-state index in [1.807, 2.05) is 37.4 Å². The molecule has 98 valence electrons. The van der Waals surface area contributed by atoms with Crippen LogP contribution in [0.4, 0.5) is 5.95 Å². The SMILES string of the molecule is CC(C)n1c(N(C)C)nc2c1c(=O)[nH]c(=O)n2C. The first-order chi connectivity index (χ1) is 8.34. The van der Waals surface area contributed by atoms with Crippen molar-refractivity contribution in [2.75, 3.05) is 19.0 Å². The Kier molecular flexibility index (Phi) is 2.76. The summed E-state index contributed by atoms with van der Waals surface area (Å²) in [5, 5.41) is 0. The van der Waals surface area contributed by atoms with Gasteiger partial charge in [-0.05, 0) is 13.8 Å². The molecule has 0 radical (unpaired) electrons. The predicted molar refractivity (Wildman–Crippen MR) is 70.3 cm³/mol. The van der Waals surface area contributed by atoms with Gasteiger partial charge in [-0.15, -0.1) is 0 Å².